The third-order valence-corrected chi connectivity index (χ3v) is 1.84. The fourth-order valence-electron chi connectivity index (χ4n) is 1.17. The van der Waals surface area contributed by atoms with E-state index >= 15 is 0 Å². The van der Waals surface area contributed by atoms with Crippen LogP contribution in [0.5, 0.6) is 5.75 Å². The summed E-state index contributed by atoms with van der Waals surface area (Å²) in [5.74, 6) is -2.96. The van der Waals surface area contributed by atoms with Crippen molar-refractivity contribution in [1.82, 2.24) is 4.98 Å². The van der Waals surface area contributed by atoms with Crippen LogP contribution in [0.3, 0.4) is 0 Å². The van der Waals surface area contributed by atoms with Gasteiger partial charge in [-0.15, -0.1) is 13.2 Å². The van der Waals surface area contributed by atoms with E-state index in [1.165, 1.54) is 0 Å². The predicted octanol–water partition coefficient (Wildman–Crippen LogP) is 2.32. The number of hydrogen-bond donors (Lipinski definition) is 1. The number of aromatic nitrogens is 1. The van der Waals surface area contributed by atoms with Crippen molar-refractivity contribution in [2.75, 3.05) is 0 Å². The number of rotatable bonds is 4. The summed E-state index contributed by atoms with van der Waals surface area (Å²) in [6, 6.07) is 0.402. The van der Waals surface area contributed by atoms with Gasteiger partial charge in [0.1, 0.15) is 0 Å². The highest BCUT2D eigenvalue weighted by molar-refractivity contribution is 5.48. The average molecular weight is 288 g/mol. The zero-order valence-corrected chi connectivity index (χ0v) is 8.82. The van der Waals surface area contributed by atoms with Gasteiger partial charge in [0.2, 0.25) is 11.4 Å². The summed E-state index contributed by atoms with van der Waals surface area (Å²) in [5.41, 5.74) is -1.94. The second-order valence-electron chi connectivity index (χ2n) is 3.12. The van der Waals surface area contributed by atoms with Crippen LogP contribution in [0.2, 0.25) is 0 Å². The lowest BCUT2D eigenvalue weighted by molar-refractivity contribution is -0.393. The van der Waals surface area contributed by atoms with Gasteiger partial charge in [-0.3, -0.25) is 0 Å². The van der Waals surface area contributed by atoms with Crippen LogP contribution in [-0.4, -0.2) is 21.4 Å². The fourth-order valence-corrected chi connectivity index (χ4v) is 1.17. The Labute approximate surface area is 101 Å². The van der Waals surface area contributed by atoms with Crippen LogP contribution in [0.4, 0.5) is 27.8 Å². The number of aliphatic hydroxyl groups is 1. The molecule has 0 unspecified atom stereocenters. The van der Waals surface area contributed by atoms with Gasteiger partial charge in [-0.25, -0.2) is 8.78 Å². The number of nitrogens with zero attached hydrogens (tertiary/aromatic N) is 2. The van der Waals surface area contributed by atoms with Crippen molar-refractivity contribution in [3.05, 3.63) is 27.4 Å². The van der Waals surface area contributed by atoms with E-state index in [2.05, 4.69) is 9.72 Å². The Balaban J connectivity index is 3.45. The summed E-state index contributed by atoms with van der Waals surface area (Å²) < 4.78 is 64.2. The van der Waals surface area contributed by atoms with Crippen LogP contribution >= 0.6 is 0 Å². The highest BCUT2D eigenvalue weighted by Crippen LogP contribution is 2.36. The zero-order chi connectivity index (χ0) is 14.8. The van der Waals surface area contributed by atoms with Crippen molar-refractivity contribution >= 4 is 5.82 Å². The summed E-state index contributed by atoms with van der Waals surface area (Å²) in [7, 11) is 0. The van der Waals surface area contributed by atoms with Crippen molar-refractivity contribution in [3.8, 4) is 5.75 Å². The van der Waals surface area contributed by atoms with E-state index in [4.69, 9.17) is 5.11 Å². The van der Waals surface area contributed by atoms with Gasteiger partial charge >= 0.3 is 18.6 Å². The zero-order valence-electron chi connectivity index (χ0n) is 8.82. The van der Waals surface area contributed by atoms with Gasteiger partial charge in [0.25, 0.3) is 0 Å². The summed E-state index contributed by atoms with van der Waals surface area (Å²) in [5, 5.41) is 19.3. The number of pyridine rings is 1. The van der Waals surface area contributed by atoms with E-state index < -0.39 is 47.1 Å². The monoisotopic (exact) mass is 288 g/mol. The molecule has 0 spiro atoms. The van der Waals surface area contributed by atoms with Crippen molar-refractivity contribution in [3.63, 3.8) is 0 Å². The maximum atomic E-state index is 12.4. The SMILES string of the molecule is O=[N+]([O-])c1nc(C(F)F)cc(CO)c1OC(F)(F)F. The van der Waals surface area contributed by atoms with Crippen LogP contribution in [-0.2, 0) is 6.61 Å². The summed E-state index contributed by atoms with van der Waals surface area (Å²) in [4.78, 5) is 11.9. The molecular formula is C8H5F5N2O4. The number of alkyl halides is 5. The van der Waals surface area contributed by atoms with Crippen LogP contribution in [0.25, 0.3) is 0 Å². The molecule has 0 atom stereocenters. The summed E-state index contributed by atoms with van der Waals surface area (Å²) >= 11 is 0. The van der Waals surface area contributed by atoms with E-state index in [-0.39, 0.29) is 0 Å². The highest BCUT2D eigenvalue weighted by Gasteiger charge is 2.38. The smallest absolute Gasteiger partial charge is 0.396 e. The second-order valence-corrected chi connectivity index (χ2v) is 3.12. The van der Waals surface area contributed by atoms with Gasteiger partial charge in [0.05, 0.1) is 6.61 Å². The molecule has 0 saturated carbocycles. The molecular weight excluding hydrogens is 283 g/mol. The molecule has 0 aromatic carbocycles. The van der Waals surface area contributed by atoms with Crippen LogP contribution in [0, 0.1) is 10.1 Å². The third kappa shape index (κ3) is 3.71. The molecule has 1 heterocycles. The molecule has 1 N–H and O–H groups in total. The first kappa shape index (κ1) is 15.0. The Bertz CT molecular complexity index is 491. The lowest BCUT2D eigenvalue weighted by atomic mass is 10.2. The topological polar surface area (TPSA) is 85.5 Å². The lowest BCUT2D eigenvalue weighted by Crippen LogP contribution is -2.20. The Morgan fingerprint density at radius 1 is 1.47 bits per heavy atom. The molecule has 19 heavy (non-hydrogen) atoms. The Hall–Kier alpha value is -2.04. The number of aliphatic hydroxyl groups excluding tert-OH is 1. The Morgan fingerprint density at radius 3 is 2.42 bits per heavy atom. The number of hydrogen-bond acceptors (Lipinski definition) is 5. The first-order valence-electron chi connectivity index (χ1n) is 4.48. The summed E-state index contributed by atoms with van der Waals surface area (Å²) in [6.45, 7) is -1.16. The Morgan fingerprint density at radius 2 is 2.05 bits per heavy atom. The number of halogens is 5. The van der Waals surface area contributed by atoms with Gasteiger partial charge in [-0.1, -0.05) is 0 Å². The van der Waals surface area contributed by atoms with Crippen molar-refractivity contribution in [1.29, 1.82) is 0 Å². The van der Waals surface area contributed by atoms with E-state index in [9.17, 15) is 32.1 Å². The van der Waals surface area contributed by atoms with Crippen molar-refractivity contribution < 1.29 is 36.7 Å². The van der Waals surface area contributed by atoms with Gasteiger partial charge in [0, 0.05) is 11.6 Å². The van der Waals surface area contributed by atoms with Gasteiger partial charge in [-0.2, -0.15) is 0 Å². The van der Waals surface area contributed by atoms with Crippen LogP contribution < -0.4 is 4.74 Å². The molecule has 11 heteroatoms. The van der Waals surface area contributed by atoms with Gasteiger partial charge in [-0.05, 0) is 9.91 Å². The first-order chi connectivity index (χ1) is 8.65. The fraction of sp³-hybridized carbons (Fsp3) is 0.375. The minimum Gasteiger partial charge on any atom is -0.396 e. The molecule has 0 radical (unpaired) electrons. The minimum absolute atomic E-state index is 0.402. The first-order valence-corrected chi connectivity index (χ1v) is 4.48. The van der Waals surface area contributed by atoms with Crippen LogP contribution in [0.15, 0.2) is 6.07 Å². The standard InChI is InChI=1S/C8H5F5N2O4/c9-6(10)4-1-3(2-16)5(19-8(11,12)13)7(14-4)15(17)18/h1,6,16H,2H2. The Kier molecular flexibility index (Phi) is 4.19. The molecule has 0 amide bonds. The maximum Gasteiger partial charge on any atom is 0.573 e. The minimum atomic E-state index is -5.29. The van der Waals surface area contributed by atoms with E-state index in [1.807, 2.05) is 0 Å². The van der Waals surface area contributed by atoms with Gasteiger partial charge in [0.15, 0.2) is 0 Å². The quantitative estimate of drug-likeness (QED) is 0.522. The van der Waals surface area contributed by atoms with Crippen LogP contribution in [0.1, 0.15) is 17.7 Å². The molecule has 1 rings (SSSR count). The molecule has 0 aliphatic carbocycles. The average Bonchev–Trinajstić information content (AvgIpc) is 2.26. The van der Waals surface area contributed by atoms with E-state index in [1.54, 1.807) is 0 Å². The molecule has 0 aliphatic rings. The molecule has 1 aromatic rings. The van der Waals surface area contributed by atoms with E-state index in [0.717, 1.165) is 0 Å². The normalized spacial score (nSPS) is 11.7. The largest absolute Gasteiger partial charge is 0.573 e. The molecule has 0 aliphatic heterocycles. The molecule has 0 fully saturated rings. The molecule has 106 valence electrons. The summed E-state index contributed by atoms with van der Waals surface area (Å²) in [6.07, 6.45) is -8.54. The molecule has 0 bridgehead atoms. The third-order valence-electron chi connectivity index (χ3n) is 1.84. The molecule has 1 aromatic heterocycles. The maximum absolute atomic E-state index is 12.4. The number of ether oxygens (including phenoxy) is 1. The predicted molar refractivity (Wildman–Crippen MR) is 48.5 cm³/mol. The molecule has 6 nitrogen and oxygen atoms in total. The lowest BCUT2D eigenvalue weighted by Gasteiger charge is -2.12. The van der Waals surface area contributed by atoms with Gasteiger partial charge < -0.3 is 20.0 Å². The highest BCUT2D eigenvalue weighted by atomic mass is 19.4. The number of nitro groups is 1. The second kappa shape index (κ2) is 5.30. The van der Waals surface area contributed by atoms with E-state index in [0.29, 0.717) is 6.07 Å². The van der Waals surface area contributed by atoms with Crippen molar-refractivity contribution in [2.45, 2.75) is 19.4 Å². The molecule has 0 saturated heterocycles. The van der Waals surface area contributed by atoms with Crippen molar-refractivity contribution in [2.24, 2.45) is 0 Å².